The summed E-state index contributed by atoms with van der Waals surface area (Å²) >= 11 is 0. The number of hydrogen-bond donors (Lipinski definition) is 0. The van der Waals surface area contributed by atoms with Crippen molar-refractivity contribution < 1.29 is 24.1 Å². The fraction of sp³-hybridized carbons (Fsp3) is 0.273. The van der Waals surface area contributed by atoms with Crippen LogP contribution in [0.5, 0.6) is 11.5 Å². The highest BCUT2D eigenvalue weighted by Gasteiger charge is 2.13. The normalized spacial score (nSPS) is 9.62. The number of benzene rings is 1. The standard InChI is InChI=1S/C11H12O5/c1-3-14-16-11-9(7-12)5-4-6-10(11)15-8(2)13/h4-7H,3H2,1-2H3. The van der Waals surface area contributed by atoms with Gasteiger partial charge >= 0.3 is 5.97 Å². The van der Waals surface area contributed by atoms with Crippen LogP contribution in [0.3, 0.4) is 0 Å². The van der Waals surface area contributed by atoms with E-state index in [-0.39, 0.29) is 17.1 Å². The summed E-state index contributed by atoms with van der Waals surface area (Å²) in [5.74, 6) is -0.232. The van der Waals surface area contributed by atoms with E-state index in [1.807, 2.05) is 0 Å². The van der Waals surface area contributed by atoms with Crippen molar-refractivity contribution >= 4 is 12.3 Å². The fourth-order valence-electron chi connectivity index (χ4n) is 1.07. The van der Waals surface area contributed by atoms with Gasteiger partial charge in [0.15, 0.2) is 12.0 Å². The first-order valence-corrected chi connectivity index (χ1v) is 4.75. The molecule has 0 fully saturated rings. The molecular formula is C11H12O5. The van der Waals surface area contributed by atoms with Crippen LogP contribution in [-0.2, 0) is 9.68 Å². The maximum absolute atomic E-state index is 10.8. The molecule has 1 rings (SSSR count). The van der Waals surface area contributed by atoms with Gasteiger partial charge in [0.05, 0.1) is 12.2 Å². The SMILES string of the molecule is CCOOc1c(C=O)cccc1OC(C)=O. The summed E-state index contributed by atoms with van der Waals surface area (Å²) in [5, 5.41) is 0. The van der Waals surface area contributed by atoms with Gasteiger partial charge in [0.25, 0.3) is 0 Å². The average molecular weight is 224 g/mol. The number of carbonyl (C=O) groups is 2. The van der Waals surface area contributed by atoms with Crippen molar-refractivity contribution in [3.8, 4) is 11.5 Å². The van der Waals surface area contributed by atoms with Gasteiger partial charge in [-0.25, -0.2) is 0 Å². The quantitative estimate of drug-likeness (QED) is 0.251. The van der Waals surface area contributed by atoms with Gasteiger partial charge < -0.3 is 9.62 Å². The minimum atomic E-state index is -0.496. The highest BCUT2D eigenvalue weighted by molar-refractivity contribution is 5.82. The van der Waals surface area contributed by atoms with Gasteiger partial charge in [0.2, 0.25) is 5.75 Å². The molecule has 1 aromatic rings. The molecule has 5 nitrogen and oxygen atoms in total. The first kappa shape index (κ1) is 12.2. The molecule has 86 valence electrons. The third-order valence-corrected chi connectivity index (χ3v) is 1.65. The van der Waals surface area contributed by atoms with E-state index in [9.17, 15) is 9.59 Å². The molecule has 0 amide bonds. The third-order valence-electron chi connectivity index (χ3n) is 1.65. The van der Waals surface area contributed by atoms with Crippen LogP contribution < -0.4 is 9.62 Å². The van der Waals surface area contributed by atoms with Crippen LogP contribution >= 0.6 is 0 Å². The van der Waals surface area contributed by atoms with Crippen LogP contribution in [0, 0.1) is 0 Å². The molecule has 0 N–H and O–H groups in total. The predicted octanol–water partition coefficient (Wildman–Crippen LogP) is 1.75. The smallest absolute Gasteiger partial charge is 0.308 e. The van der Waals surface area contributed by atoms with E-state index in [2.05, 4.69) is 0 Å². The van der Waals surface area contributed by atoms with Gasteiger partial charge in [-0.3, -0.25) is 9.59 Å². The van der Waals surface area contributed by atoms with Crippen LogP contribution in [0.25, 0.3) is 0 Å². The van der Waals surface area contributed by atoms with Gasteiger partial charge in [-0.1, -0.05) is 6.07 Å². The molecule has 0 unspecified atom stereocenters. The zero-order valence-corrected chi connectivity index (χ0v) is 9.06. The van der Waals surface area contributed by atoms with Gasteiger partial charge in [0, 0.05) is 6.92 Å². The number of ether oxygens (including phenoxy) is 1. The largest absolute Gasteiger partial charge is 0.423 e. The summed E-state index contributed by atoms with van der Waals surface area (Å²) < 4.78 is 4.88. The fourth-order valence-corrected chi connectivity index (χ4v) is 1.07. The van der Waals surface area contributed by atoms with Crippen LogP contribution in [0.2, 0.25) is 0 Å². The van der Waals surface area contributed by atoms with E-state index >= 15 is 0 Å². The molecule has 0 atom stereocenters. The van der Waals surface area contributed by atoms with Crippen LogP contribution in [0.1, 0.15) is 24.2 Å². The molecule has 0 heterocycles. The molecule has 0 aliphatic rings. The summed E-state index contributed by atoms with van der Waals surface area (Å²) in [6, 6.07) is 4.64. The van der Waals surface area contributed by atoms with Crippen molar-refractivity contribution in [2.75, 3.05) is 6.61 Å². The zero-order valence-electron chi connectivity index (χ0n) is 9.06. The Morgan fingerprint density at radius 1 is 1.44 bits per heavy atom. The lowest BCUT2D eigenvalue weighted by Crippen LogP contribution is -2.06. The lowest BCUT2D eigenvalue weighted by atomic mass is 10.2. The number of aldehydes is 1. The average Bonchev–Trinajstić information content (AvgIpc) is 2.26. The number of hydrogen-bond acceptors (Lipinski definition) is 5. The summed E-state index contributed by atoms with van der Waals surface area (Å²) in [6.07, 6.45) is 0.599. The van der Waals surface area contributed by atoms with E-state index in [0.717, 1.165) is 0 Å². The first-order valence-electron chi connectivity index (χ1n) is 4.75. The van der Waals surface area contributed by atoms with Crippen LogP contribution in [0.4, 0.5) is 0 Å². The van der Waals surface area contributed by atoms with Gasteiger partial charge in [-0.05, 0) is 19.1 Å². The summed E-state index contributed by atoms with van der Waals surface area (Å²) in [4.78, 5) is 31.2. The molecule has 16 heavy (non-hydrogen) atoms. The Bertz CT molecular complexity index is 386. The molecule has 0 aliphatic heterocycles. The minimum absolute atomic E-state index is 0.106. The van der Waals surface area contributed by atoms with E-state index in [4.69, 9.17) is 14.5 Å². The van der Waals surface area contributed by atoms with E-state index in [1.54, 1.807) is 13.0 Å². The summed E-state index contributed by atoms with van der Waals surface area (Å²) in [5.41, 5.74) is 0.257. The maximum atomic E-state index is 10.8. The Morgan fingerprint density at radius 3 is 2.75 bits per heavy atom. The highest BCUT2D eigenvalue weighted by Crippen LogP contribution is 2.30. The molecule has 1 aromatic carbocycles. The first-order chi connectivity index (χ1) is 7.69. The Balaban J connectivity index is 3.04. The van der Waals surface area contributed by atoms with E-state index in [0.29, 0.717) is 12.9 Å². The molecule has 0 saturated heterocycles. The molecule has 0 aliphatic carbocycles. The Hall–Kier alpha value is -1.88. The molecule has 0 aromatic heterocycles. The van der Waals surface area contributed by atoms with E-state index in [1.165, 1.54) is 19.1 Å². The zero-order chi connectivity index (χ0) is 12.0. The Labute approximate surface area is 92.8 Å². The number of carbonyl (C=O) groups excluding carboxylic acids is 2. The van der Waals surface area contributed by atoms with E-state index < -0.39 is 5.97 Å². The molecule has 0 spiro atoms. The topological polar surface area (TPSA) is 61.8 Å². The van der Waals surface area contributed by atoms with Gasteiger partial charge in [-0.15, -0.1) is 0 Å². The molecule has 0 bridgehead atoms. The van der Waals surface area contributed by atoms with Crippen molar-refractivity contribution in [2.24, 2.45) is 0 Å². The van der Waals surface area contributed by atoms with Crippen molar-refractivity contribution in [3.05, 3.63) is 23.8 Å². The summed E-state index contributed by atoms with van der Waals surface area (Å²) in [7, 11) is 0. The molecular weight excluding hydrogens is 212 g/mol. The second kappa shape index (κ2) is 5.87. The lowest BCUT2D eigenvalue weighted by molar-refractivity contribution is -0.203. The monoisotopic (exact) mass is 224 g/mol. The van der Waals surface area contributed by atoms with Gasteiger partial charge in [0.1, 0.15) is 0 Å². The van der Waals surface area contributed by atoms with Crippen LogP contribution in [-0.4, -0.2) is 18.9 Å². The third kappa shape index (κ3) is 3.06. The maximum Gasteiger partial charge on any atom is 0.308 e. The van der Waals surface area contributed by atoms with Crippen molar-refractivity contribution in [2.45, 2.75) is 13.8 Å². The number of esters is 1. The Morgan fingerprint density at radius 2 is 2.19 bits per heavy atom. The highest BCUT2D eigenvalue weighted by atomic mass is 17.2. The predicted molar refractivity (Wildman–Crippen MR) is 55.4 cm³/mol. The lowest BCUT2D eigenvalue weighted by Gasteiger charge is -2.10. The second-order valence-corrected chi connectivity index (χ2v) is 2.88. The number of rotatable bonds is 5. The van der Waals surface area contributed by atoms with Crippen molar-refractivity contribution in [3.63, 3.8) is 0 Å². The van der Waals surface area contributed by atoms with Gasteiger partial charge in [-0.2, -0.15) is 4.89 Å². The summed E-state index contributed by atoms with van der Waals surface area (Å²) in [6.45, 7) is 3.31. The Kier molecular flexibility index (Phi) is 4.47. The second-order valence-electron chi connectivity index (χ2n) is 2.88. The number of para-hydroxylation sites is 1. The minimum Gasteiger partial charge on any atom is -0.423 e. The molecule has 0 radical (unpaired) electrons. The van der Waals surface area contributed by atoms with Crippen molar-refractivity contribution in [1.29, 1.82) is 0 Å². The molecule has 0 saturated carbocycles. The van der Waals surface area contributed by atoms with Crippen molar-refractivity contribution in [1.82, 2.24) is 0 Å². The van der Waals surface area contributed by atoms with Crippen LogP contribution in [0.15, 0.2) is 18.2 Å². The molecule has 5 heteroatoms.